The molecule has 0 saturated carbocycles. The lowest BCUT2D eigenvalue weighted by atomic mass is 9.95. The summed E-state index contributed by atoms with van der Waals surface area (Å²) in [5, 5.41) is 11.5. The van der Waals surface area contributed by atoms with Crippen LogP contribution in [0.15, 0.2) is 72.6 Å². The number of ketones is 1. The van der Waals surface area contributed by atoms with E-state index in [4.69, 9.17) is 14.2 Å². The lowest BCUT2D eigenvalue weighted by molar-refractivity contribution is -0.132. The monoisotopic (exact) mass is 544 g/mol. The molecule has 0 spiro atoms. The molecular formula is C31H32N2O7. The van der Waals surface area contributed by atoms with E-state index in [9.17, 15) is 19.5 Å². The predicted octanol–water partition coefficient (Wildman–Crippen LogP) is 5.32. The molecule has 1 aliphatic heterocycles. The number of amides is 1. The van der Waals surface area contributed by atoms with Crippen molar-refractivity contribution >= 4 is 29.1 Å². The first-order valence-electron chi connectivity index (χ1n) is 13.1. The Hall–Kier alpha value is -4.66. The molecule has 1 amide bonds. The molecule has 1 saturated heterocycles. The molecule has 1 aliphatic rings. The summed E-state index contributed by atoms with van der Waals surface area (Å²) < 4.78 is 16.6. The molecule has 0 bridgehead atoms. The van der Waals surface area contributed by atoms with E-state index in [1.54, 1.807) is 55.6 Å². The quantitative estimate of drug-likeness (QED) is 0.158. The van der Waals surface area contributed by atoms with Crippen LogP contribution in [-0.2, 0) is 14.3 Å². The summed E-state index contributed by atoms with van der Waals surface area (Å²) in [5.74, 6) is -1.50. The molecule has 0 aliphatic carbocycles. The summed E-state index contributed by atoms with van der Waals surface area (Å²) in [5.41, 5.74) is 1.35. The van der Waals surface area contributed by atoms with Crippen LogP contribution in [0.3, 0.4) is 0 Å². The lowest BCUT2D eigenvalue weighted by Crippen LogP contribution is -2.29. The number of Topliss-reactive ketones (excluding diaryl/α,β-unsaturated/α-hetero) is 1. The molecule has 4 rings (SSSR count). The topological polar surface area (TPSA) is 115 Å². The van der Waals surface area contributed by atoms with Crippen molar-refractivity contribution in [2.75, 3.05) is 24.7 Å². The number of rotatable bonds is 10. The number of esters is 1. The number of aliphatic hydroxyl groups excluding tert-OH is 1. The van der Waals surface area contributed by atoms with Gasteiger partial charge in [0.15, 0.2) is 0 Å². The summed E-state index contributed by atoms with van der Waals surface area (Å²) in [4.78, 5) is 44.8. The van der Waals surface area contributed by atoms with Gasteiger partial charge in [-0.25, -0.2) is 4.79 Å². The van der Waals surface area contributed by atoms with Crippen molar-refractivity contribution in [1.29, 1.82) is 0 Å². The van der Waals surface area contributed by atoms with Gasteiger partial charge in [0.2, 0.25) is 0 Å². The zero-order valence-corrected chi connectivity index (χ0v) is 22.9. The molecule has 1 unspecified atom stereocenters. The molecule has 3 aromatic rings. The number of carbonyl (C=O) groups is 3. The minimum atomic E-state index is -0.978. The highest BCUT2D eigenvalue weighted by atomic mass is 16.5. The van der Waals surface area contributed by atoms with E-state index in [0.29, 0.717) is 41.5 Å². The molecular weight excluding hydrogens is 512 g/mol. The van der Waals surface area contributed by atoms with Crippen molar-refractivity contribution < 1.29 is 33.7 Å². The van der Waals surface area contributed by atoms with Crippen LogP contribution >= 0.6 is 0 Å². The number of hydrogen-bond donors (Lipinski definition) is 1. The Kier molecular flexibility index (Phi) is 8.83. The third-order valence-corrected chi connectivity index (χ3v) is 6.19. The van der Waals surface area contributed by atoms with Gasteiger partial charge in [0.1, 0.15) is 17.3 Å². The van der Waals surface area contributed by atoms with Crippen molar-refractivity contribution in [3.05, 3.63) is 89.3 Å². The second-order valence-corrected chi connectivity index (χ2v) is 9.52. The first kappa shape index (κ1) is 28.4. The molecule has 1 fully saturated rings. The molecule has 9 heteroatoms. The maximum absolute atomic E-state index is 13.5. The Balaban J connectivity index is 1.81. The van der Waals surface area contributed by atoms with Gasteiger partial charge in [-0.3, -0.25) is 19.5 Å². The fraction of sp³-hybridized carbons (Fsp3) is 0.290. The van der Waals surface area contributed by atoms with Crippen LogP contribution in [0.4, 0.5) is 5.69 Å². The summed E-state index contributed by atoms with van der Waals surface area (Å²) in [7, 11) is 0. The van der Waals surface area contributed by atoms with Crippen LogP contribution in [0.1, 0.15) is 55.2 Å². The molecule has 0 radical (unpaired) electrons. The van der Waals surface area contributed by atoms with Crippen LogP contribution in [0.25, 0.3) is 5.76 Å². The smallest absolute Gasteiger partial charge is 0.338 e. The molecule has 1 aromatic heterocycles. The van der Waals surface area contributed by atoms with Gasteiger partial charge in [-0.15, -0.1) is 0 Å². The van der Waals surface area contributed by atoms with Gasteiger partial charge in [0.25, 0.3) is 11.7 Å². The largest absolute Gasteiger partial charge is 0.507 e. The molecule has 208 valence electrons. The molecule has 2 aromatic carbocycles. The van der Waals surface area contributed by atoms with Crippen LogP contribution < -0.4 is 14.4 Å². The maximum atomic E-state index is 13.5. The minimum absolute atomic E-state index is 0.108. The van der Waals surface area contributed by atoms with Crippen LogP contribution in [0.5, 0.6) is 11.5 Å². The number of carbonyl (C=O) groups excluding carboxylic acids is 3. The van der Waals surface area contributed by atoms with Crippen molar-refractivity contribution in [2.24, 2.45) is 5.92 Å². The van der Waals surface area contributed by atoms with Crippen molar-refractivity contribution in [3.8, 4) is 11.5 Å². The van der Waals surface area contributed by atoms with E-state index in [1.165, 1.54) is 23.2 Å². The maximum Gasteiger partial charge on any atom is 0.338 e. The van der Waals surface area contributed by atoms with Gasteiger partial charge in [0.05, 0.1) is 42.6 Å². The normalized spacial score (nSPS) is 16.3. The van der Waals surface area contributed by atoms with Crippen molar-refractivity contribution in [3.63, 3.8) is 0 Å². The van der Waals surface area contributed by atoms with Crippen molar-refractivity contribution in [2.45, 2.75) is 33.7 Å². The van der Waals surface area contributed by atoms with E-state index >= 15 is 0 Å². The number of ether oxygens (including phenoxy) is 3. The highest BCUT2D eigenvalue weighted by molar-refractivity contribution is 6.51. The van der Waals surface area contributed by atoms with Gasteiger partial charge in [-0.1, -0.05) is 19.9 Å². The zero-order chi connectivity index (χ0) is 28.8. The minimum Gasteiger partial charge on any atom is -0.507 e. The number of anilines is 1. The van der Waals surface area contributed by atoms with Gasteiger partial charge in [-0.2, -0.15) is 0 Å². The molecule has 1 atom stereocenters. The van der Waals surface area contributed by atoms with E-state index in [-0.39, 0.29) is 29.4 Å². The van der Waals surface area contributed by atoms with E-state index in [2.05, 4.69) is 4.98 Å². The Morgan fingerprint density at radius 2 is 1.75 bits per heavy atom. The summed E-state index contributed by atoms with van der Waals surface area (Å²) in [6.07, 6.45) is 3.11. The molecule has 2 heterocycles. The average molecular weight is 545 g/mol. The summed E-state index contributed by atoms with van der Waals surface area (Å²) >= 11 is 0. The standard InChI is InChI=1S/C31H32N2O7/c1-5-38-23-13-14-24(25(16-23)39-6-2)28(34)26-27(21-8-7-15-32-17-21)33(30(36)29(26)35)22-11-9-20(10-12-22)31(37)40-18-19(3)4/h7-17,19,27,34H,5-6,18H2,1-4H3/b28-26-. The first-order valence-corrected chi connectivity index (χ1v) is 13.1. The van der Waals surface area contributed by atoms with Crippen LogP contribution in [0, 0.1) is 5.92 Å². The van der Waals surface area contributed by atoms with E-state index < -0.39 is 23.7 Å². The number of aliphatic hydroxyl groups is 1. The second kappa shape index (κ2) is 12.5. The Bertz CT molecular complexity index is 1420. The Morgan fingerprint density at radius 3 is 2.38 bits per heavy atom. The summed E-state index contributed by atoms with van der Waals surface area (Å²) in [6.45, 7) is 8.57. The lowest BCUT2D eigenvalue weighted by Gasteiger charge is -2.25. The van der Waals surface area contributed by atoms with Gasteiger partial charge in [0, 0.05) is 24.1 Å². The number of nitrogens with zero attached hydrogens (tertiary/aromatic N) is 2. The van der Waals surface area contributed by atoms with Crippen LogP contribution in [0.2, 0.25) is 0 Å². The fourth-order valence-electron chi connectivity index (χ4n) is 4.41. The SMILES string of the molecule is CCOc1ccc(/C(O)=C2/C(=O)C(=O)N(c3ccc(C(=O)OCC(C)C)cc3)C2c2cccnc2)c(OCC)c1. The predicted molar refractivity (Wildman–Crippen MR) is 149 cm³/mol. The number of hydrogen-bond acceptors (Lipinski definition) is 8. The Morgan fingerprint density at radius 1 is 1.02 bits per heavy atom. The number of aromatic nitrogens is 1. The fourth-order valence-corrected chi connectivity index (χ4v) is 4.41. The zero-order valence-electron chi connectivity index (χ0n) is 22.9. The number of benzene rings is 2. The third-order valence-electron chi connectivity index (χ3n) is 6.19. The van der Waals surface area contributed by atoms with E-state index in [1.807, 2.05) is 20.8 Å². The Labute approximate surface area is 233 Å². The van der Waals surface area contributed by atoms with Gasteiger partial charge < -0.3 is 19.3 Å². The molecule has 1 N–H and O–H groups in total. The van der Waals surface area contributed by atoms with Gasteiger partial charge >= 0.3 is 5.97 Å². The van der Waals surface area contributed by atoms with Crippen molar-refractivity contribution in [1.82, 2.24) is 4.98 Å². The highest BCUT2D eigenvalue weighted by Crippen LogP contribution is 2.43. The third kappa shape index (κ3) is 5.83. The number of pyridine rings is 1. The summed E-state index contributed by atoms with van der Waals surface area (Å²) in [6, 6.07) is 13.5. The van der Waals surface area contributed by atoms with E-state index in [0.717, 1.165) is 0 Å². The van der Waals surface area contributed by atoms with Gasteiger partial charge in [-0.05, 0) is 67.8 Å². The highest BCUT2D eigenvalue weighted by Gasteiger charge is 2.47. The molecule has 9 nitrogen and oxygen atoms in total. The second-order valence-electron chi connectivity index (χ2n) is 9.52. The first-order chi connectivity index (χ1) is 19.3. The molecule has 40 heavy (non-hydrogen) atoms. The van der Waals surface area contributed by atoms with Crippen LogP contribution in [-0.4, -0.2) is 47.6 Å². The average Bonchev–Trinajstić information content (AvgIpc) is 3.22.